The molecule has 1 aliphatic heterocycles. The summed E-state index contributed by atoms with van der Waals surface area (Å²) in [5.41, 5.74) is 3.62. The van der Waals surface area contributed by atoms with E-state index in [-0.39, 0.29) is 23.9 Å². The van der Waals surface area contributed by atoms with Crippen LogP contribution in [0.25, 0.3) is 20.8 Å². The topological polar surface area (TPSA) is 83.8 Å². The number of hydrogen-bond acceptors (Lipinski definition) is 6. The summed E-state index contributed by atoms with van der Waals surface area (Å²) >= 11 is 3.26. The average Bonchev–Trinajstić information content (AvgIpc) is 3.53. The molecule has 3 heterocycles. The van der Waals surface area contributed by atoms with Crippen molar-refractivity contribution in [3.8, 4) is 10.6 Å². The molecule has 2 N–H and O–H groups in total. The van der Waals surface area contributed by atoms with E-state index in [9.17, 15) is 13.2 Å². The predicted octanol–water partition coefficient (Wildman–Crippen LogP) is 4.99. The molecular weight excluding hydrogens is 561 g/mol. The fraction of sp³-hybridized carbons (Fsp3) is 0.267. The number of quaternary nitrogens is 1. The van der Waals surface area contributed by atoms with Crippen molar-refractivity contribution in [2.75, 3.05) is 25.0 Å². The molecule has 7 nitrogen and oxygen atoms in total. The zero-order valence-electron chi connectivity index (χ0n) is 22.6. The van der Waals surface area contributed by atoms with Gasteiger partial charge < -0.3 is 10.2 Å². The van der Waals surface area contributed by atoms with Crippen LogP contribution < -0.4 is 10.2 Å². The van der Waals surface area contributed by atoms with Crippen molar-refractivity contribution in [3.63, 3.8) is 0 Å². The van der Waals surface area contributed by atoms with Gasteiger partial charge in [0.2, 0.25) is 10.0 Å². The lowest BCUT2D eigenvalue weighted by Gasteiger charge is -2.27. The lowest BCUT2D eigenvalue weighted by molar-refractivity contribution is -0.936. The number of fused-ring (bicyclic) bond motifs is 2. The largest absolute Gasteiger partial charge is 0.328 e. The summed E-state index contributed by atoms with van der Waals surface area (Å²) in [6.45, 7) is 14.1. The molecule has 0 bridgehead atoms. The Bertz CT molecular complexity index is 1630. The summed E-state index contributed by atoms with van der Waals surface area (Å²) in [5.74, 6) is -0.285. The van der Waals surface area contributed by atoms with Crippen LogP contribution in [0.4, 0.5) is 5.00 Å². The minimum Gasteiger partial charge on any atom is -0.328 e. The highest BCUT2D eigenvalue weighted by Crippen LogP contribution is 2.44. The SMILES string of the molecule is C=CCN(CC=C)S(=O)(=O)c1ccc(C(=O)Nc2sc3c(c2-c2nc4ccccc4s2)CC[NH+](C(C)C)C3)cc1. The first-order valence-corrected chi connectivity index (χ1v) is 16.3. The Morgan fingerprint density at radius 2 is 1.80 bits per heavy atom. The van der Waals surface area contributed by atoms with E-state index >= 15 is 0 Å². The van der Waals surface area contributed by atoms with Gasteiger partial charge in [-0.2, -0.15) is 4.31 Å². The maximum atomic E-state index is 13.4. The molecule has 0 aliphatic carbocycles. The Labute approximate surface area is 243 Å². The van der Waals surface area contributed by atoms with Crippen molar-refractivity contribution >= 4 is 53.8 Å². The van der Waals surface area contributed by atoms with Crippen molar-refractivity contribution in [1.82, 2.24) is 9.29 Å². The molecule has 0 saturated heterocycles. The number of nitrogens with zero attached hydrogens (tertiary/aromatic N) is 2. The Morgan fingerprint density at radius 3 is 2.45 bits per heavy atom. The number of thiazole rings is 1. The van der Waals surface area contributed by atoms with Gasteiger partial charge in [-0.1, -0.05) is 24.3 Å². The number of amides is 1. The third-order valence-corrected chi connectivity index (χ3v) is 11.2. The molecule has 208 valence electrons. The van der Waals surface area contributed by atoms with Gasteiger partial charge in [0.15, 0.2) is 0 Å². The normalized spacial score (nSPS) is 15.3. The molecule has 1 aliphatic rings. The first kappa shape index (κ1) is 28.4. The van der Waals surface area contributed by atoms with Gasteiger partial charge in [-0.25, -0.2) is 13.4 Å². The number of para-hydroxylation sites is 1. The number of thiophene rings is 1. The van der Waals surface area contributed by atoms with E-state index in [0.29, 0.717) is 11.6 Å². The van der Waals surface area contributed by atoms with Gasteiger partial charge >= 0.3 is 0 Å². The highest BCUT2D eigenvalue weighted by molar-refractivity contribution is 7.89. The van der Waals surface area contributed by atoms with E-state index in [1.807, 2.05) is 18.2 Å². The first-order valence-electron chi connectivity index (χ1n) is 13.2. The standard InChI is InChI=1S/C30H32N4O3S3/c1-5-16-34(17-6-2)40(36,37)22-13-11-21(12-14-22)28(35)32-30-27(29-31-24-9-7-8-10-25(24)38-29)23-15-18-33(20(3)4)19-26(23)39-30/h5-14,20H,1-2,15-19H2,3-4H3,(H,32,35)/p+1. The smallest absolute Gasteiger partial charge is 0.256 e. The maximum Gasteiger partial charge on any atom is 0.256 e. The van der Waals surface area contributed by atoms with Crippen LogP contribution in [0.5, 0.6) is 0 Å². The first-order chi connectivity index (χ1) is 19.2. The molecule has 0 radical (unpaired) electrons. The number of carbonyl (C=O) groups is 1. The van der Waals surface area contributed by atoms with Gasteiger partial charge in [-0.3, -0.25) is 4.79 Å². The van der Waals surface area contributed by atoms with Crippen LogP contribution in [0.1, 0.15) is 34.6 Å². The van der Waals surface area contributed by atoms with Crippen LogP contribution in [-0.4, -0.2) is 49.3 Å². The van der Waals surface area contributed by atoms with Gasteiger partial charge in [-0.05, 0) is 55.8 Å². The van der Waals surface area contributed by atoms with Crippen molar-refractivity contribution < 1.29 is 18.1 Å². The fourth-order valence-electron chi connectivity index (χ4n) is 4.95. The number of benzene rings is 2. The van der Waals surface area contributed by atoms with Gasteiger partial charge in [-0.15, -0.1) is 35.8 Å². The minimum absolute atomic E-state index is 0.117. The van der Waals surface area contributed by atoms with Crippen LogP contribution in [0.15, 0.2) is 78.7 Å². The van der Waals surface area contributed by atoms with Crippen LogP contribution in [-0.2, 0) is 23.0 Å². The zero-order valence-corrected chi connectivity index (χ0v) is 25.1. The number of hydrogen-bond donors (Lipinski definition) is 2. The molecule has 0 saturated carbocycles. The lowest BCUT2D eigenvalue weighted by Crippen LogP contribution is -3.14. The number of aromatic nitrogens is 1. The Balaban J connectivity index is 1.46. The van der Waals surface area contributed by atoms with Crippen LogP contribution >= 0.6 is 22.7 Å². The number of rotatable bonds is 10. The molecule has 1 atom stereocenters. The fourth-order valence-corrected chi connectivity index (χ4v) is 8.73. The summed E-state index contributed by atoms with van der Waals surface area (Å²) < 4.78 is 28.5. The summed E-state index contributed by atoms with van der Waals surface area (Å²) in [5, 5.41) is 4.84. The summed E-state index contributed by atoms with van der Waals surface area (Å²) in [7, 11) is -3.74. The molecule has 1 unspecified atom stereocenters. The second-order valence-corrected chi connectivity index (χ2v) is 14.1. The van der Waals surface area contributed by atoms with E-state index in [2.05, 4.69) is 38.4 Å². The van der Waals surface area contributed by atoms with E-state index in [1.165, 1.54) is 43.9 Å². The summed E-state index contributed by atoms with van der Waals surface area (Å²) in [6, 6.07) is 14.6. The van der Waals surface area contributed by atoms with Crippen molar-refractivity contribution in [1.29, 1.82) is 0 Å². The second kappa shape index (κ2) is 11.8. The van der Waals surface area contributed by atoms with Crippen LogP contribution in [0.3, 0.4) is 0 Å². The van der Waals surface area contributed by atoms with Crippen LogP contribution in [0, 0.1) is 0 Å². The van der Waals surface area contributed by atoms with E-state index in [0.717, 1.165) is 45.3 Å². The van der Waals surface area contributed by atoms with E-state index in [4.69, 9.17) is 4.98 Å². The highest BCUT2D eigenvalue weighted by atomic mass is 32.2. The van der Waals surface area contributed by atoms with Gasteiger partial charge in [0.25, 0.3) is 5.91 Å². The molecule has 0 spiro atoms. The van der Waals surface area contributed by atoms with Crippen molar-refractivity contribution in [3.05, 3.63) is 89.8 Å². The van der Waals surface area contributed by atoms with Gasteiger partial charge in [0.1, 0.15) is 16.6 Å². The number of carbonyl (C=O) groups excluding carboxylic acids is 1. The monoisotopic (exact) mass is 593 g/mol. The number of nitrogens with one attached hydrogen (secondary N) is 2. The molecule has 1 amide bonds. The summed E-state index contributed by atoms with van der Waals surface area (Å²) in [6.07, 6.45) is 4.00. The van der Waals surface area contributed by atoms with Crippen LogP contribution in [0.2, 0.25) is 0 Å². The second-order valence-electron chi connectivity index (χ2n) is 10.1. The summed E-state index contributed by atoms with van der Waals surface area (Å²) in [4.78, 5) is 21.3. The third-order valence-electron chi connectivity index (χ3n) is 7.15. The van der Waals surface area contributed by atoms with Gasteiger partial charge in [0.05, 0.1) is 32.6 Å². The highest BCUT2D eigenvalue weighted by Gasteiger charge is 2.31. The molecule has 2 aromatic heterocycles. The Hall–Kier alpha value is -3.15. The Kier molecular flexibility index (Phi) is 8.34. The average molecular weight is 594 g/mol. The third kappa shape index (κ3) is 5.55. The van der Waals surface area contributed by atoms with Crippen molar-refractivity contribution in [2.24, 2.45) is 0 Å². The van der Waals surface area contributed by atoms with E-state index in [1.54, 1.807) is 34.8 Å². The molecule has 10 heteroatoms. The molecule has 0 fully saturated rings. The molecule has 40 heavy (non-hydrogen) atoms. The maximum absolute atomic E-state index is 13.4. The van der Waals surface area contributed by atoms with Gasteiger partial charge in [0, 0.05) is 30.6 Å². The number of anilines is 1. The predicted molar refractivity (Wildman–Crippen MR) is 165 cm³/mol. The number of sulfonamides is 1. The lowest BCUT2D eigenvalue weighted by atomic mass is 10.0. The van der Waals surface area contributed by atoms with Crippen molar-refractivity contribution in [2.45, 2.75) is 37.8 Å². The zero-order chi connectivity index (χ0) is 28.4. The quantitative estimate of drug-likeness (QED) is 0.254. The van der Waals surface area contributed by atoms with E-state index < -0.39 is 10.0 Å². The molecule has 2 aromatic carbocycles. The Morgan fingerprint density at radius 1 is 1.10 bits per heavy atom. The molecular formula is C30H33N4O3S3+. The minimum atomic E-state index is -3.74. The molecule has 4 aromatic rings. The molecule has 5 rings (SSSR count).